The van der Waals surface area contributed by atoms with E-state index in [1.807, 2.05) is 31.3 Å². The van der Waals surface area contributed by atoms with Crippen LogP contribution in [0.2, 0.25) is 0 Å². The third kappa shape index (κ3) is 4.06. The Hall–Kier alpha value is -1.90. The fraction of sp³-hybridized carbons (Fsp3) is 0.421. The van der Waals surface area contributed by atoms with Gasteiger partial charge in [0, 0.05) is 25.2 Å². The zero-order valence-electron chi connectivity index (χ0n) is 13.7. The first-order valence-corrected chi connectivity index (χ1v) is 8.02. The summed E-state index contributed by atoms with van der Waals surface area (Å²) in [5, 5.41) is 0. The van der Waals surface area contributed by atoms with Gasteiger partial charge in [-0.1, -0.05) is 37.6 Å². The van der Waals surface area contributed by atoms with E-state index in [1.54, 1.807) is 12.1 Å². The summed E-state index contributed by atoms with van der Waals surface area (Å²) in [6, 6.07) is 6.89. The van der Waals surface area contributed by atoms with Crippen LogP contribution in [-0.4, -0.2) is 23.7 Å². The van der Waals surface area contributed by atoms with Crippen molar-refractivity contribution in [3.63, 3.8) is 0 Å². The van der Waals surface area contributed by atoms with E-state index < -0.39 is 0 Å². The molecule has 0 bridgehead atoms. The number of allylic oxidation sites excluding steroid dienone is 3. The van der Waals surface area contributed by atoms with Gasteiger partial charge in [0.05, 0.1) is 11.4 Å². The van der Waals surface area contributed by atoms with Crippen LogP contribution in [0.4, 0.5) is 4.39 Å². The number of halogens is 1. The lowest BCUT2D eigenvalue weighted by Gasteiger charge is -2.43. The van der Waals surface area contributed by atoms with E-state index in [1.165, 1.54) is 11.3 Å². The van der Waals surface area contributed by atoms with Gasteiger partial charge in [-0.3, -0.25) is 4.99 Å². The third-order valence-electron chi connectivity index (χ3n) is 3.98. The molecule has 1 fully saturated rings. The van der Waals surface area contributed by atoms with Crippen LogP contribution in [-0.2, 0) is 0 Å². The lowest BCUT2D eigenvalue weighted by atomic mass is 9.90. The van der Waals surface area contributed by atoms with Gasteiger partial charge in [-0.2, -0.15) is 0 Å². The number of benzene rings is 1. The minimum Gasteiger partial charge on any atom is -0.369 e. The molecule has 0 saturated carbocycles. The van der Waals surface area contributed by atoms with Crippen LogP contribution in [0, 0.1) is 5.82 Å². The normalized spacial score (nSPS) is 17.2. The highest BCUT2D eigenvalue weighted by Crippen LogP contribution is 2.30. The lowest BCUT2D eigenvalue weighted by molar-refractivity contribution is 0.208. The molecule has 1 aliphatic rings. The number of hydrogen-bond donors (Lipinski definition) is 0. The van der Waals surface area contributed by atoms with Crippen molar-refractivity contribution in [2.75, 3.05) is 13.1 Å². The molecule has 118 valence electrons. The van der Waals surface area contributed by atoms with Gasteiger partial charge < -0.3 is 4.90 Å². The average molecular weight is 300 g/mol. The maximum Gasteiger partial charge on any atom is 0.123 e. The van der Waals surface area contributed by atoms with Crippen molar-refractivity contribution in [2.45, 2.75) is 39.5 Å². The number of hydrogen-bond acceptors (Lipinski definition) is 2. The molecule has 2 rings (SSSR count). The Kier molecular flexibility index (Phi) is 5.93. The maximum absolute atomic E-state index is 13.0. The summed E-state index contributed by atoms with van der Waals surface area (Å²) in [6.07, 6.45) is 8.26. The van der Waals surface area contributed by atoms with E-state index in [0.717, 1.165) is 31.6 Å². The summed E-state index contributed by atoms with van der Waals surface area (Å²) in [4.78, 5) is 6.85. The molecule has 0 radical (unpaired) electrons. The molecule has 0 atom stereocenters. The predicted molar refractivity (Wildman–Crippen MR) is 91.6 cm³/mol. The molecule has 0 unspecified atom stereocenters. The first-order chi connectivity index (χ1) is 10.7. The number of nitrogens with zero attached hydrogens (tertiary/aromatic N) is 2. The van der Waals surface area contributed by atoms with Crippen LogP contribution in [0.25, 0.3) is 0 Å². The molecule has 0 aromatic heterocycles. The number of likely N-dealkylation sites (tertiary alicyclic amines) is 1. The summed E-state index contributed by atoms with van der Waals surface area (Å²) in [5.41, 5.74) is 3.51. The molecular weight excluding hydrogens is 275 g/mol. The Morgan fingerprint density at radius 3 is 2.59 bits per heavy atom. The van der Waals surface area contributed by atoms with Crippen LogP contribution in [0.1, 0.15) is 45.1 Å². The van der Waals surface area contributed by atoms with Crippen molar-refractivity contribution < 1.29 is 4.39 Å². The van der Waals surface area contributed by atoms with E-state index >= 15 is 0 Å². The van der Waals surface area contributed by atoms with Gasteiger partial charge in [-0.15, -0.1) is 0 Å². The van der Waals surface area contributed by atoms with Crippen LogP contribution in [0.5, 0.6) is 0 Å². The third-order valence-corrected chi connectivity index (χ3v) is 3.98. The molecule has 2 nitrogen and oxygen atoms in total. The maximum atomic E-state index is 13.0. The fourth-order valence-corrected chi connectivity index (χ4v) is 2.66. The van der Waals surface area contributed by atoms with Gasteiger partial charge in [0.2, 0.25) is 0 Å². The molecular formula is C19H25FN2. The monoisotopic (exact) mass is 300 g/mol. The van der Waals surface area contributed by atoms with Crippen molar-refractivity contribution in [1.82, 2.24) is 4.90 Å². The smallest absolute Gasteiger partial charge is 0.123 e. The van der Waals surface area contributed by atoms with Crippen molar-refractivity contribution in [2.24, 2.45) is 4.99 Å². The minimum absolute atomic E-state index is 0.169. The molecule has 1 heterocycles. The second-order valence-corrected chi connectivity index (χ2v) is 5.73. The first kappa shape index (κ1) is 16.5. The van der Waals surface area contributed by atoms with Crippen LogP contribution in [0.3, 0.4) is 0 Å². The van der Waals surface area contributed by atoms with Gasteiger partial charge >= 0.3 is 0 Å². The topological polar surface area (TPSA) is 15.6 Å². The second-order valence-electron chi connectivity index (χ2n) is 5.73. The van der Waals surface area contributed by atoms with Crippen molar-refractivity contribution in [3.8, 4) is 0 Å². The summed E-state index contributed by atoms with van der Waals surface area (Å²) >= 11 is 0. The van der Waals surface area contributed by atoms with Crippen LogP contribution < -0.4 is 0 Å². The van der Waals surface area contributed by atoms with Crippen molar-refractivity contribution in [1.29, 1.82) is 0 Å². The van der Waals surface area contributed by atoms with Crippen LogP contribution in [0.15, 0.2) is 53.3 Å². The van der Waals surface area contributed by atoms with E-state index in [-0.39, 0.29) is 5.82 Å². The summed E-state index contributed by atoms with van der Waals surface area (Å²) in [6.45, 7) is 8.17. The van der Waals surface area contributed by atoms with Gasteiger partial charge in [0.25, 0.3) is 0 Å². The predicted octanol–water partition coefficient (Wildman–Crippen LogP) is 4.90. The molecule has 1 aromatic carbocycles. The quantitative estimate of drug-likeness (QED) is 0.682. The zero-order valence-corrected chi connectivity index (χ0v) is 13.7. The Bertz CT molecular complexity index is 564. The Morgan fingerprint density at radius 2 is 2.00 bits per heavy atom. The van der Waals surface area contributed by atoms with Gasteiger partial charge in [0.1, 0.15) is 5.82 Å². The fourth-order valence-electron chi connectivity index (χ4n) is 2.66. The molecule has 1 saturated heterocycles. The highest BCUT2D eigenvalue weighted by atomic mass is 19.1. The van der Waals surface area contributed by atoms with Crippen molar-refractivity contribution in [3.05, 3.63) is 59.7 Å². The molecule has 0 spiro atoms. The molecule has 0 amide bonds. The highest BCUT2D eigenvalue weighted by molar-refractivity contribution is 5.98. The molecule has 0 N–H and O–H groups in total. The number of aliphatic imine (C=N–C) groups is 1. The standard InChI is InChI=1S/C19H25FN2/c1-4-6-7-19(15(3)21-12-5-2)22-13-17(14-22)16-8-10-18(20)11-9-16/h5,7-12,17H,4,6,13-14H2,1-3H3/b12-5-,19-7-,21-15-. The summed E-state index contributed by atoms with van der Waals surface area (Å²) < 4.78 is 13.0. The lowest BCUT2D eigenvalue weighted by Crippen LogP contribution is -2.45. The number of rotatable bonds is 6. The molecule has 3 heteroatoms. The average Bonchev–Trinajstić information content (AvgIpc) is 2.48. The van der Waals surface area contributed by atoms with Gasteiger partial charge in [-0.25, -0.2) is 4.39 Å². The van der Waals surface area contributed by atoms with Crippen LogP contribution >= 0.6 is 0 Å². The Labute approximate surface area is 133 Å². The Balaban J connectivity index is 2.04. The summed E-state index contributed by atoms with van der Waals surface area (Å²) in [5.74, 6) is 0.318. The molecule has 1 aliphatic heterocycles. The van der Waals surface area contributed by atoms with E-state index in [0.29, 0.717) is 5.92 Å². The largest absolute Gasteiger partial charge is 0.369 e. The van der Waals surface area contributed by atoms with Crippen molar-refractivity contribution >= 4 is 5.71 Å². The van der Waals surface area contributed by atoms with E-state index in [4.69, 9.17) is 0 Å². The van der Waals surface area contributed by atoms with E-state index in [9.17, 15) is 4.39 Å². The molecule has 1 aromatic rings. The zero-order chi connectivity index (χ0) is 15.9. The first-order valence-electron chi connectivity index (χ1n) is 8.02. The van der Waals surface area contributed by atoms with Gasteiger partial charge in [0.15, 0.2) is 0 Å². The highest BCUT2D eigenvalue weighted by Gasteiger charge is 2.30. The Morgan fingerprint density at radius 1 is 1.32 bits per heavy atom. The molecule has 22 heavy (non-hydrogen) atoms. The SMILES string of the molecule is C\C=C/N=C(C)\C(=C\CCC)N1CC(c2ccc(F)cc2)C1. The van der Waals surface area contributed by atoms with Gasteiger partial charge in [-0.05, 0) is 38.0 Å². The minimum atomic E-state index is -0.169. The second kappa shape index (κ2) is 7.92. The molecule has 0 aliphatic carbocycles. The van der Waals surface area contributed by atoms with E-state index in [2.05, 4.69) is 29.8 Å². The number of unbranched alkanes of at least 4 members (excludes halogenated alkanes) is 1. The summed E-state index contributed by atoms with van der Waals surface area (Å²) in [7, 11) is 0.